The van der Waals surface area contributed by atoms with E-state index in [2.05, 4.69) is 28.7 Å². The Labute approximate surface area is 128 Å². The summed E-state index contributed by atoms with van der Waals surface area (Å²) in [6, 6.07) is 2.20. The van der Waals surface area contributed by atoms with Gasteiger partial charge in [0.05, 0.1) is 24.4 Å². The molecule has 0 aliphatic carbocycles. The van der Waals surface area contributed by atoms with Gasteiger partial charge >= 0.3 is 0 Å². The van der Waals surface area contributed by atoms with Gasteiger partial charge in [-0.2, -0.15) is 5.26 Å². The molecule has 0 aromatic heterocycles. The van der Waals surface area contributed by atoms with Gasteiger partial charge in [0, 0.05) is 23.9 Å². The number of nitriles is 1. The van der Waals surface area contributed by atoms with E-state index in [9.17, 15) is 0 Å². The highest BCUT2D eigenvalue weighted by molar-refractivity contribution is 14.1. The largest absolute Gasteiger partial charge is 0.396 e. The molecule has 0 bridgehead atoms. The second-order valence-corrected chi connectivity index (χ2v) is 6.29. The fourth-order valence-electron chi connectivity index (χ4n) is 3.19. The van der Waals surface area contributed by atoms with Crippen molar-refractivity contribution in [2.45, 2.75) is 68.9 Å². The van der Waals surface area contributed by atoms with Crippen LogP contribution in [0.3, 0.4) is 0 Å². The van der Waals surface area contributed by atoms with Crippen molar-refractivity contribution in [1.82, 2.24) is 0 Å². The van der Waals surface area contributed by atoms with Crippen molar-refractivity contribution in [2.75, 3.05) is 11.0 Å². The first kappa shape index (κ1) is 15.5. The van der Waals surface area contributed by atoms with Gasteiger partial charge in [-0.15, -0.1) is 0 Å². The average molecular weight is 379 g/mol. The first-order chi connectivity index (χ1) is 9.24. The van der Waals surface area contributed by atoms with Crippen LogP contribution in [0.15, 0.2) is 0 Å². The van der Waals surface area contributed by atoms with Crippen LogP contribution in [0.1, 0.15) is 44.9 Å². The Hall–Kier alpha value is 0.1000. The second kappa shape index (κ2) is 7.21. The third-order valence-electron chi connectivity index (χ3n) is 4.16. The van der Waals surface area contributed by atoms with Crippen LogP contribution in [0.4, 0.5) is 0 Å². The van der Waals surface area contributed by atoms with Crippen LogP contribution in [0.2, 0.25) is 0 Å². The SMILES string of the molecule is N#CCC[C@H]1CC[C@@H]2OC(CCCO)C[C@]2(CI)O1. The molecule has 108 valence electrons. The summed E-state index contributed by atoms with van der Waals surface area (Å²) in [4.78, 5) is 0. The highest BCUT2D eigenvalue weighted by atomic mass is 127. The van der Waals surface area contributed by atoms with E-state index in [1.165, 1.54) is 0 Å². The van der Waals surface area contributed by atoms with E-state index in [0.29, 0.717) is 6.42 Å². The minimum Gasteiger partial charge on any atom is -0.396 e. The molecule has 2 aliphatic rings. The zero-order chi connectivity index (χ0) is 13.7. The monoisotopic (exact) mass is 379 g/mol. The van der Waals surface area contributed by atoms with Crippen LogP contribution in [0.5, 0.6) is 0 Å². The van der Waals surface area contributed by atoms with E-state index in [0.717, 1.165) is 43.0 Å². The molecule has 2 saturated heterocycles. The van der Waals surface area contributed by atoms with Crippen molar-refractivity contribution in [3.8, 4) is 6.07 Å². The molecular formula is C14H22INO3. The number of rotatable bonds is 6. The third-order valence-corrected chi connectivity index (χ3v) is 5.45. The van der Waals surface area contributed by atoms with Gasteiger partial charge in [-0.25, -0.2) is 0 Å². The number of nitrogens with zero attached hydrogens (tertiary/aromatic N) is 1. The van der Waals surface area contributed by atoms with Gasteiger partial charge in [0.1, 0.15) is 5.60 Å². The lowest BCUT2D eigenvalue weighted by atomic mass is 9.87. The molecule has 2 aliphatic heterocycles. The number of alkyl halides is 1. The van der Waals surface area contributed by atoms with Crippen LogP contribution in [-0.4, -0.2) is 40.1 Å². The van der Waals surface area contributed by atoms with Crippen molar-refractivity contribution in [2.24, 2.45) is 0 Å². The van der Waals surface area contributed by atoms with Crippen LogP contribution in [0, 0.1) is 11.3 Å². The van der Waals surface area contributed by atoms with Crippen LogP contribution < -0.4 is 0 Å². The number of halogens is 1. The number of fused-ring (bicyclic) bond motifs is 1. The zero-order valence-electron chi connectivity index (χ0n) is 11.2. The Kier molecular flexibility index (Phi) is 5.87. The Balaban J connectivity index is 1.95. The molecule has 0 aromatic rings. The predicted molar refractivity (Wildman–Crippen MR) is 80.2 cm³/mol. The van der Waals surface area contributed by atoms with Crippen LogP contribution in [-0.2, 0) is 9.47 Å². The van der Waals surface area contributed by atoms with E-state index >= 15 is 0 Å². The molecule has 19 heavy (non-hydrogen) atoms. The summed E-state index contributed by atoms with van der Waals surface area (Å²) in [5, 5.41) is 17.6. The van der Waals surface area contributed by atoms with E-state index in [4.69, 9.17) is 19.8 Å². The van der Waals surface area contributed by atoms with E-state index in [-0.39, 0.29) is 30.5 Å². The summed E-state index contributed by atoms with van der Waals surface area (Å²) in [6.45, 7) is 0.230. The lowest BCUT2D eigenvalue weighted by molar-refractivity contribution is -0.153. The van der Waals surface area contributed by atoms with Crippen molar-refractivity contribution in [3.05, 3.63) is 0 Å². The molecular weight excluding hydrogens is 357 g/mol. The first-order valence-corrected chi connectivity index (χ1v) is 8.63. The minimum absolute atomic E-state index is 0.154. The second-order valence-electron chi connectivity index (χ2n) is 5.53. The van der Waals surface area contributed by atoms with Crippen LogP contribution >= 0.6 is 22.6 Å². The molecule has 2 rings (SSSR count). The molecule has 0 aromatic carbocycles. The van der Waals surface area contributed by atoms with Gasteiger partial charge in [-0.1, -0.05) is 22.6 Å². The maximum absolute atomic E-state index is 8.93. The third kappa shape index (κ3) is 3.60. The predicted octanol–water partition coefficient (Wildman–Crippen LogP) is 2.57. The van der Waals surface area contributed by atoms with Gasteiger partial charge in [0.15, 0.2) is 0 Å². The standard InChI is InChI=1S/C14H22INO3/c15-10-14-9-12(4-2-8-17)18-13(14)6-5-11(19-14)3-1-7-16/h11-13,17H,1-6,8-10H2/t11-,12?,13-,14+/m0/s1. The molecule has 0 amide bonds. The lowest BCUT2D eigenvalue weighted by Gasteiger charge is -2.41. The van der Waals surface area contributed by atoms with Gasteiger partial charge in [0.25, 0.3) is 0 Å². The summed E-state index contributed by atoms with van der Waals surface area (Å²) in [7, 11) is 0. The average Bonchev–Trinajstić information content (AvgIpc) is 2.81. The molecule has 4 atom stereocenters. The van der Waals surface area contributed by atoms with Crippen molar-refractivity contribution >= 4 is 22.6 Å². The number of hydrogen-bond acceptors (Lipinski definition) is 4. The van der Waals surface area contributed by atoms with Gasteiger partial charge < -0.3 is 14.6 Å². The minimum atomic E-state index is -0.154. The summed E-state index contributed by atoms with van der Waals surface area (Å²) in [5.74, 6) is 0. The summed E-state index contributed by atoms with van der Waals surface area (Å²) < 4.78 is 13.4. The fourth-order valence-corrected chi connectivity index (χ4v) is 4.18. The van der Waals surface area contributed by atoms with Crippen molar-refractivity contribution in [3.63, 3.8) is 0 Å². The molecule has 0 radical (unpaired) electrons. The summed E-state index contributed by atoms with van der Waals surface area (Å²) in [6.07, 6.45) is 6.73. The topological polar surface area (TPSA) is 62.5 Å². The van der Waals surface area contributed by atoms with Gasteiger partial charge in [-0.05, 0) is 32.1 Å². The quantitative estimate of drug-likeness (QED) is 0.569. The van der Waals surface area contributed by atoms with Crippen molar-refractivity contribution < 1.29 is 14.6 Å². The molecule has 1 N–H and O–H groups in total. The summed E-state index contributed by atoms with van der Waals surface area (Å²) in [5.41, 5.74) is -0.154. The van der Waals surface area contributed by atoms with E-state index in [1.54, 1.807) is 0 Å². The Morgan fingerprint density at radius 1 is 1.32 bits per heavy atom. The molecule has 1 unspecified atom stereocenters. The number of hydrogen-bond donors (Lipinski definition) is 1. The molecule has 2 heterocycles. The highest BCUT2D eigenvalue weighted by Gasteiger charge is 2.51. The van der Waals surface area contributed by atoms with E-state index in [1.807, 2.05) is 0 Å². The Morgan fingerprint density at radius 2 is 2.16 bits per heavy atom. The highest BCUT2D eigenvalue weighted by Crippen LogP contribution is 2.44. The molecule has 4 nitrogen and oxygen atoms in total. The summed E-state index contributed by atoms with van der Waals surface area (Å²) >= 11 is 2.39. The number of aliphatic hydroxyl groups excluding tert-OH is 1. The van der Waals surface area contributed by atoms with Crippen LogP contribution in [0.25, 0.3) is 0 Å². The molecule has 5 heteroatoms. The lowest BCUT2D eigenvalue weighted by Crippen LogP contribution is -2.49. The number of aliphatic hydroxyl groups is 1. The number of ether oxygens (including phenoxy) is 2. The first-order valence-electron chi connectivity index (χ1n) is 7.11. The molecule has 2 fully saturated rings. The molecule has 0 spiro atoms. The van der Waals surface area contributed by atoms with E-state index < -0.39 is 0 Å². The maximum atomic E-state index is 8.93. The maximum Gasteiger partial charge on any atom is 0.106 e. The van der Waals surface area contributed by atoms with Gasteiger partial charge in [-0.3, -0.25) is 0 Å². The smallest absolute Gasteiger partial charge is 0.106 e. The zero-order valence-corrected chi connectivity index (χ0v) is 13.3. The van der Waals surface area contributed by atoms with Crippen molar-refractivity contribution in [1.29, 1.82) is 5.26 Å². The normalized spacial score (nSPS) is 37.8. The van der Waals surface area contributed by atoms with Gasteiger partial charge in [0.2, 0.25) is 0 Å². The Morgan fingerprint density at radius 3 is 2.84 bits per heavy atom. The molecule has 0 saturated carbocycles. The Bertz CT molecular complexity index is 333. The fraction of sp³-hybridized carbons (Fsp3) is 0.929.